The fourth-order valence-corrected chi connectivity index (χ4v) is 8.09. The fraction of sp³-hybridized carbons (Fsp3) is 0. The Morgan fingerprint density at radius 2 is 0.770 bits per heavy atom. The molecule has 0 amide bonds. The summed E-state index contributed by atoms with van der Waals surface area (Å²) in [4.78, 5) is 9.19. The van der Waals surface area contributed by atoms with Crippen LogP contribution in [-0.2, 0) is 20.1 Å². The number of nitrogens with zero attached hydrogens (tertiary/aromatic N) is 2. The largest absolute Gasteiger partial charge is 0.304 e. The van der Waals surface area contributed by atoms with Crippen molar-refractivity contribution in [1.29, 1.82) is 0 Å². The molecular formula is C58H38IrN2-2. The van der Waals surface area contributed by atoms with Crippen molar-refractivity contribution in [1.82, 2.24) is 9.97 Å². The summed E-state index contributed by atoms with van der Waals surface area (Å²) in [6.07, 6.45) is 3.73. The molecule has 2 heterocycles. The topological polar surface area (TPSA) is 25.8 Å². The first-order valence-electron chi connectivity index (χ1n) is 20.2. The zero-order chi connectivity index (χ0) is 40.1. The minimum atomic E-state index is 0. The Bertz CT molecular complexity index is 3250. The van der Waals surface area contributed by atoms with E-state index in [1.807, 2.05) is 60.9 Å². The molecule has 2 aromatic heterocycles. The summed E-state index contributed by atoms with van der Waals surface area (Å²) in [6.45, 7) is 0. The molecule has 0 atom stereocenters. The average molecular weight is 955 g/mol. The van der Waals surface area contributed by atoms with Gasteiger partial charge in [0, 0.05) is 32.5 Å². The van der Waals surface area contributed by atoms with Crippen molar-refractivity contribution in [2.45, 2.75) is 0 Å². The molecule has 0 fully saturated rings. The van der Waals surface area contributed by atoms with E-state index in [9.17, 15) is 0 Å². The Kier molecular flexibility index (Phi) is 11.5. The smallest absolute Gasteiger partial charge is 0.0167 e. The van der Waals surface area contributed by atoms with Gasteiger partial charge in [-0.2, -0.15) is 0 Å². The van der Waals surface area contributed by atoms with Crippen molar-refractivity contribution >= 4 is 32.3 Å². The van der Waals surface area contributed by atoms with Gasteiger partial charge in [0.05, 0.1) is 0 Å². The normalized spacial score (nSPS) is 10.8. The van der Waals surface area contributed by atoms with Crippen molar-refractivity contribution in [3.05, 3.63) is 243 Å². The van der Waals surface area contributed by atoms with Gasteiger partial charge >= 0.3 is 0 Å². The number of benzene rings is 9. The molecule has 3 heteroatoms. The molecule has 0 unspecified atom stereocenters. The minimum Gasteiger partial charge on any atom is -0.304 e. The second kappa shape index (κ2) is 17.9. The van der Waals surface area contributed by atoms with Crippen LogP contribution in [0.3, 0.4) is 0 Å². The maximum atomic E-state index is 4.74. The molecule has 0 aliphatic carbocycles. The van der Waals surface area contributed by atoms with Crippen LogP contribution in [0.1, 0.15) is 0 Å². The van der Waals surface area contributed by atoms with E-state index < -0.39 is 0 Å². The van der Waals surface area contributed by atoms with Crippen LogP contribution in [0.15, 0.2) is 231 Å². The molecule has 9 aromatic carbocycles. The molecule has 61 heavy (non-hydrogen) atoms. The number of hydrogen-bond acceptors (Lipinski definition) is 2. The zero-order valence-electron chi connectivity index (χ0n) is 33.2. The number of aromatic nitrogens is 2. The van der Waals surface area contributed by atoms with Gasteiger partial charge in [-0.3, -0.25) is 0 Å². The van der Waals surface area contributed by atoms with Crippen LogP contribution >= 0.6 is 0 Å². The van der Waals surface area contributed by atoms with Crippen LogP contribution < -0.4 is 0 Å². The molecule has 0 aliphatic rings. The molecule has 0 spiro atoms. The zero-order valence-corrected chi connectivity index (χ0v) is 35.6. The Balaban J connectivity index is 0.000000235. The van der Waals surface area contributed by atoms with Crippen molar-refractivity contribution in [2.24, 2.45) is 0 Å². The number of pyridine rings is 2. The van der Waals surface area contributed by atoms with Crippen molar-refractivity contribution < 1.29 is 20.1 Å². The standard InChI is InChI=1S/C43H28N.C15H10N.Ir/c1-2-11-30(12-3-1)37-27-38(29-39(28-37)41-22-10-15-31-13-4-6-20-40(31)41)35-18-8-16-33(25-35)34-17-9-19-36(26-34)43-42-21-7-5-14-32(42)23-24-44-43;1-2-7-13(8-3-1)15-14-9-5-4-6-12(14)10-11-16-15;/h1-18,20-29H;1-7,9-11H;/q2*-1;. The molecule has 0 saturated carbocycles. The first-order chi connectivity index (χ1) is 29.7. The second-order valence-electron chi connectivity index (χ2n) is 14.8. The quantitative estimate of drug-likeness (QED) is 0.155. The average Bonchev–Trinajstić information content (AvgIpc) is 3.34. The van der Waals surface area contributed by atoms with Crippen LogP contribution in [0, 0.1) is 12.1 Å². The second-order valence-corrected chi connectivity index (χ2v) is 14.8. The first-order valence-corrected chi connectivity index (χ1v) is 20.2. The molecule has 11 aromatic rings. The Morgan fingerprint density at radius 1 is 0.295 bits per heavy atom. The van der Waals surface area contributed by atoms with Crippen LogP contribution in [0.25, 0.3) is 99.3 Å². The SMILES string of the molecule is [Ir].[c-]1ccc(-c2cccc(-c3cc(-c4ccccc4)cc(-c4cccc5ccccc45)c3)c2)cc1-c1nccc2ccccc12.[c-]1ccccc1-c1nccc2ccccc12. The van der Waals surface area contributed by atoms with E-state index in [0.29, 0.717) is 0 Å². The van der Waals surface area contributed by atoms with Crippen molar-refractivity contribution in [3.63, 3.8) is 0 Å². The Hall–Kier alpha value is -7.29. The number of fused-ring (bicyclic) bond motifs is 3. The number of hydrogen-bond donors (Lipinski definition) is 0. The predicted molar refractivity (Wildman–Crippen MR) is 251 cm³/mol. The maximum Gasteiger partial charge on any atom is 0.0167 e. The summed E-state index contributed by atoms with van der Waals surface area (Å²) >= 11 is 0. The summed E-state index contributed by atoms with van der Waals surface area (Å²) in [6, 6.07) is 83.4. The van der Waals surface area contributed by atoms with Gasteiger partial charge in [-0.05, 0) is 119 Å². The van der Waals surface area contributed by atoms with E-state index >= 15 is 0 Å². The van der Waals surface area contributed by atoms with Gasteiger partial charge in [0.1, 0.15) is 0 Å². The van der Waals surface area contributed by atoms with Crippen LogP contribution in [0.4, 0.5) is 0 Å². The Morgan fingerprint density at radius 3 is 1.46 bits per heavy atom. The van der Waals surface area contributed by atoms with Crippen molar-refractivity contribution in [3.8, 4) is 67.0 Å². The van der Waals surface area contributed by atoms with E-state index in [4.69, 9.17) is 4.98 Å². The van der Waals surface area contributed by atoms with Gasteiger partial charge in [-0.1, -0.05) is 140 Å². The molecule has 0 N–H and O–H groups in total. The van der Waals surface area contributed by atoms with Gasteiger partial charge in [-0.15, -0.1) is 71.3 Å². The van der Waals surface area contributed by atoms with Crippen molar-refractivity contribution in [2.75, 3.05) is 0 Å². The molecule has 0 bridgehead atoms. The van der Waals surface area contributed by atoms with Gasteiger partial charge < -0.3 is 9.97 Å². The van der Waals surface area contributed by atoms with Crippen LogP contribution in [0.2, 0.25) is 0 Å². The summed E-state index contributed by atoms with van der Waals surface area (Å²) < 4.78 is 0. The van der Waals surface area contributed by atoms with E-state index in [2.05, 4.69) is 187 Å². The summed E-state index contributed by atoms with van der Waals surface area (Å²) in [5, 5.41) is 7.21. The molecule has 0 saturated heterocycles. The monoisotopic (exact) mass is 955 g/mol. The van der Waals surface area contributed by atoms with Crippen LogP contribution in [-0.4, -0.2) is 9.97 Å². The molecule has 0 aliphatic heterocycles. The number of rotatable bonds is 6. The predicted octanol–water partition coefficient (Wildman–Crippen LogP) is 15.2. The Labute approximate surface area is 370 Å². The molecule has 11 rings (SSSR count). The summed E-state index contributed by atoms with van der Waals surface area (Å²) in [7, 11) is 0. The fourth-order valence-electron chi connectivity index (χ4n) is 8.09. The molecule has 2 nitrogen and oxygen atoms in total. The van der Waals surface area contributed by atoms with E-state index in [1.165, 1.54) is 60.3 Å². The van der Waals surface area contributed by atoms with Gasteiger partial charge in [0.25, 0.3) is 0 Å². The third-order valence-electron chi connectivity index (χ3n) is 11.0. The summed E-state index contributed by atoms with van der Waals surface area (Å²) in [5.74, 6) is 0. The van der Waals surface area contributed by atoms with Gasteiger partial charge in [0.2, 0.25) is 0 Å². The van der Waals surface area contributed by atoms with E-state index in [1.54, 1.807) is 0 Å². The van der Waals surface area contributed by atoms with E-state index in [0.717, 1.165) is 39.0 Å². The third kappa shape index (κ3) is 8.31. The molecule has 291 valence electrons. The first kappa shape index (κ1) is 39.2. The van der Waals surface area contributed by atoms with E-state index in [-0.39, 0.29) is 20.1 Å². The maximum absolute atomic E-state index is 4.74. The van der Waals surface area contributed by atoms with Gasteiger partial charge in [0.15, 0.2) is 0 Å². The molecule has 1 radical (unpaired) electrons. The van der Waals surface area contributed by atoms with Gasteiger partial charge in [-0.25, -0.2) is 0 Å². The molecular weight excluding hydrogens is 917 g/mol. The van der Waals surface area contributed by atoms with Crippen LogP contribution in [0.5, 0.6) is 0 Å². The third-order valence-corrected chi connectivity index (χ3v) is 11.0. The minimum absolute atomic E-state index is 0. The summed E-state index contributed by atoms with van der Waals surface area (Å²) in [5.41, 5.74) is 13.5.